The van der Waals surface area contributed by atoms with E-state index in [4.69, 9.17) is 11.0 Å². The summed E-state index contributed by atoms with van der Waals surface area (Å²) in [6.07, 6.45) is 8.70. The van der Waals surface area contributed by atoms with E-state index in [9.17, 15) is 4.39 Å². The molecule has 0 fully saturated rings. The predicted octanol–water partition coefficient (Wildman–Crippen LogP) is 3.27. The monoisotopic (exact) mass is 283 g/mol. The average Bonchev–Trinajstić information content (AvgIpc) is 2.80. The van der Waals surface area contributed by atoms with E-state index in [1.165, 1.54) is 30.0 Å². The van der Waals surface area contributed by atoms with Crippen molar-refractivity contribution in [2.24, 2.45) is 5.73 Å². The number of nitriles is 1. The first kappa shape index (κ1) is 13.8. The Labute approximate surface area is 123 Å². The van der Waals surface area contributed by atoms with E-state index >= 15 is 0 Å². The standard InChI is InChI=1S/C17H18FN3/c18-16-6-5-12(7-14(16)8-19)9-21-10-13-3-1-2-4-17(20)15(13)11-21/h5-7,10-11,17H,1-4,9,20H2. The number of halogens is 1. The van der Waals surface area contributed by atoms with Gasteiger partial charge in [0, 0.05) is 25.0 Å². The number of fused-ring (bicyclic) bond motifs is 1. The highest BCUT2D eigenvalue weighted by atomic mass is 19.1. The van der Waals surface area contributed by atoms with Crippen LogP contribution in [0.2, 0.25) is 0 Å². The van der Waals surface area contributed by atoms with Crippen LogP contribution >= 0.6 is 0 Å². The number of aromatic nitrogens is 1. The van der Waals surface area contributed by atoms with Crippen LogP contribution in [0.5, 0.6) is 0 Å². The Morgan fingerprint density at radius 1 is 1.33 bits per heavy atom. The molecule has 0 radical (unpaired) electrons. The lowest BCUT2D eigenvalue weighted by Crippen LogP contribution is -2.09. The summed E-state index contributed by atoms with van der Waals surface area (Å²) in [4.78, 5) is 0. The van der Waals surface area contributed by atoms with Crippen LogP contribution in [0.15, 0.2) is 30.6 Å². The summed E-state index contributed by atoms with van der Waals surface area (Å²) >= 11 is 0. The minimum absolute atomic E-state index is 0.0953. The highest BCUT2D eigenvalue weighted by Gasteiger charge is 2.17. The van der Waals surface area contributed by atoms with Crippen molar-refractivity contribution in [3.8, 4) is 6.07 Å². The highest BCUT2D eigenvalue weighted by Crippen LogP contribution is 2.28. The molecule has 0 amide bonds. The Morgan fingerprint density at radius 3 is 3.00 bits per heavy atom. The number of hydrogen-bond donors (Lipinski definition) is 1. The third kappa shape index (κ3) is 2.84. The number of benzene rings is 1. The second kappa shape index (κ2) is 5.71. The molecule has 0 spiro atoms. The van der Waals surface area contributed by atoms with Crippen molar-refractivity contribution in [3.63, 3.8) is 0 Å². The SMILES string of the molecule is N#Cc1cc(Cn2cc3c(c2)C(N)CCCC3)ccc1F. The fourth-order valence-corrected chi connectivity index (χ4v) is 3.01. The second-order valence-electron chi connectivity index (χ2n) is 5.69. The normalized spacial score (nSPS) is 17.9. The Bertz CT molecular complexity index is 697. The van der Waals surface area contributed by atoms with Crippen LogP contribution in [0.1, 0.15) is 47.6 Å². The van der Waals surface area contributed by atoms with Crippen molar-refractivity contribution in [1.82, 2.24) is 4.57 Å². The largest absolute Gasteiger partial charge is 0.349 e. The number of aryl methyl sites for hydroxylation is 1. The number of nitrogens with two attached hydrogens (primary N) is 1. The van der Waals surface area contributed by atoms with Gasteiger partial charge < -0.3 is 10.3 Å². The van der Waals surface area contributed by atoms with E-state index in [0.717, 1.165) is 18.4 Å². The van der Waals surface area contributed by atoms with Gasteiger partial charge in [-0.3, -0.25) is 0 Å². The van der Waals surface area contributed by atoms with Crippen LogP contribution in [0, 0.1) is 17.1 Å². The molecule has 3 nitrogen and oxygen atoms in total. The molecule has 1 aliphatic rings. The quantitative estimate of drug-likeness (QED) is 0.860. The van der Waals surface area contributed by atoms with E-state index < -0.39 is 5.82 Å². The zero-order valence-electron chi connectivity index (χ0n) is 11.8. The van der Waals surface area contributed by atoms with Gasteiger partial charge in [0.05, 0.1) is 5.56 Å². The molecular formula is C17H18FN3. The molecule has 0 bridgehead atoms. The molecule has 108 valence electrons. The lowest BCUT2D eigenvalue weighted by Gasteiger charge is -2.08. The molecule has 21 heavy (non-hydrogen) atoms. The number of hydrogen-bond acceptors (Lipinski definition) is 2. The van der Waals surface area contributed by atoms with Crippen molar-refractivity contribution in [2.45, 2.75) is 38.3 Å². The van der Waals surface area contributed by atoms with Crippen LogP contribution in [0.4, 0.5) is 4.39 Å². The van der Waals surface area contributed by atoms with Gasteiger partial charge in [0.1, 0.15) is 11.9 Å². The third-order valence-electron chi connectivity index (χ3n) is 4.12. The summed E-state index contributed by atoms with van der Waals surface area (Å²) in [5, 5.41) is 8.89. The van der Waals surface area contributed by atoms with Gasteiger partial charge in [-0.2, -0.15) is 5.26 Å². The van der Waals surface area contributed by atoms with Gasteiger partial charge in [0.2, 0.25) is 0 Å². The minimum atomic E-state index is -0.466. The van der Waals surface area contributed by atoms with Crippen LogP contribution in [0.3, 0.4) is 0 Å². The van der Waals surface area contributed by atoms with Crippen LogP contribution in [0.25, 0.3) is 0 Å². The Balaban J connectivity index is 1.86. The highest BCUT2D eigenvalue weighted by molar-refractivity contribution is 5.35. The van der Waals surface area contributed by atoms with Crippen molar-refractivity contribution in [2.75, 3.05) is 0 Å². The Hall–Kier alpha value is -2.12. The van der Waals surface area contributed by atoms with Gasteiger partial charge in [0.15, 0.2) is 0 Å². The van der Waals surface area contributed by atoms with Crippen LogP contribution in [-0.2, 0) is 13.0 Å². The molecule has 1 atom stereocenters. The van der Waals surface area contributed by atoms with Gasteiger partial charge in [-0.25, -0.2) is 4.39 Å². The fraction of sp³-hybridized carbons (Fsp3) is 0.353. The molecule has 0 aliphatic heterocycles. The molecule has 1 heterocycles. The van der Waals surface area contributed by atoms with Gasteiger partial charge in [-0.05, 0) is 48.1 Å². The van der Waals surface area contributed by atoms with E-state index in [1.807, 2.05) is 6.07 Å². The average molecular weight is 283 g/mol. The summed E-state index contributed by atoms with van der Waals surface area (Å²) in [5.74, 6) is -0.466. The summed E-state index contributed by atoms with van der Waals surface area (Å²) < 4.78 is 15.4. The Kier molecular flexibility index (Phi) is 3.76. The molecule has 4 heteroatoms. The van der Waals surface area contributed by atoms with E-state index in [0.29, 0.717) is 6.54 Å². The van der Waals surface area contributed by atoms with Crippen molar-refractivity contribution in [3.05, 3.63) is 58.7 Å². The van der Waals surface area contributed by atoms with E-state index in [-0.39, 0.29) is 11.6 Å². The summed E-state index contributed by atoms with van der Waals surface area (Å²) in [6, 6.07) is 6.69. The smallest absolute Gasteiger partial charge is 0.140 e. The van der Waals surface area contributed by atoms with Gasteiger partial charge in [0.25, 0.3) is 0 Å². The fourth-order valence-electron chi connectivity index (χ4n) is 3.01. The number of nitrogens with zero attached hydrogens (tertiary/aromatic N) is 2. The molecule has 2 N–H and O–H groups in total. The van der Waals surface area contributed by atoms with Crippen molar-refractivity contribution < 1.29 is 4.39 Å². The summed E-state index contributed by atoms with van der Waals surface area (Å²) in [6.45, 7) is 0.634. The maximum absolute atomic E-state index is 13.3. The van der Waals surface area contributed by atoms with Crippen LogP contribution < -0.4 is 5.73 Å². The van der Waals surface area contributed by atoms with Gasteiger partial charge >= 0.3 is 0 Å². The molecule has 0 saturated heterocycles. The Morgan fingerprint density at radius 2 is 2.19 bits per heavy atom. The second-order valence-corrected chi connectivity index (χ2v) is 5.69. The van der Waals surface area contributed by atoms with E-state index in [2.05, 4.69) is 17.0 Å². The molecule has 3 rings (SSSR count). The van der Waals surface area contributed by atoms with E-state index in [1.54, 1.807) is 12.1 Å². The maximum atomic E-state index is 13.3. The molecule has 1 aromatic carbocycles. The van der Waals surface area contributed by atoms with Crippen LogP contribution in [-0.4, -0.2) is 4.57 Å². The minimum Gasteiger partial charge on any atom is -0.349 e. The van der Waals surface area contributed by atoms with Crippen molar-refractivity contribution >= 4 is 0 Å². The lowest BCUT2D eigenvalue weighted by molar-refractivity contribution is 0.609. The zero-order valence-corrected chi connectivity index (χ0v) is 11.8. The van der Waals surface area contributed by atoms with Gasteiger partial charge in [-0.1, -0.05) is 12.5 Å². The zero-order chi connectivity index (χ0) is 14.8. The molecule has 1 aromatic heterocycles. The topological polar surface area (TPSA) is 54.7 Å². The molecule has 0 saturated carbocycles. The molecular weight excluding hydrogens is 265 g/mol. The molecule has 2 aromatic rings. The first-order valence-electron chi connectivity index (χ1n) is 7.30. The molecule has 1 aliphatic carbocycles. The van der Waals surface area contributed by atoms with Crippen molar-refractivity contribution in [1.29, 1.82) is 5.26 Å². The predicted molar refractivity (Wildman–Crippen MR) is 79.1 cm³/mol. The molecule has 1 unspecified atom stereocenters. The van der Waals surface area contributed by atoms with Gasteiger partial charge in [-0.15, -0.1) is 0 Å². The maximum Gasteiger partial charge on any atom is 0.140 e. The first-order valence-corrected chi connectivity index (χ1v) is 7.30. The number of rotatable bonds is 2. The lowest BCUT2D eigenvalue weighted by atomic mass is 10.1. The summed E-state index contributed by atoms with van der Waals surface area (Å²) in [5.41, 5.74) is 9.78. The summed E-state index contributed by atoms with van der Waals surface area (Å²) in [7, 11) is 0. The third-order valence-corrected chi connectivity index (χ3v) is 4.12. The first-order chi connectivity index (χ1) is 10.2.